The molecule has 4 nitrogen and oxygen atoms in total. The molecule has 0 aliphatic heterocycles. The lowest BCUT2D eigenvalue weighted by molar-refractivity contribution is -0.135. The normalized spacial score (nSPS) is 16.6. The van der Waals surface area contributed by atoms with Gasteiger partial charge in [-0.3, -0.25) is 0 Å². The van der Waals surface area contributed by atoms with E-state index in [1.165, 1.54) is 31.2 Å². The van der Waals surface area contributed by atoms with E-state index in [-0.39, 0.29) is 0 Å². The lowest BCUT2D eigenvalue weighted by atomic mass is 9.96. The van der Waals surface area contributed by atoms with E-state index in [1.807, 2.05) is 19.1 Å². The van der Waals surface area contributed by atoms with Crippen molar-refractivity contribution >= 4 is 5.97 Å². The zero-order chi connectivity index (χ0) is 13.8. The van der Waals surface area contributed by atoms with Crippen LogP contribution in [0.4, 0.5) is 0 Å². The first-order chi connectivity index (χ1) is 9.11. The van der Waals surface area contributed by atoms with Crippen LogP contribution in [0.1, 0.15) is 42.7 Å². The van der Waals surface area contributed by atoms with Gasteiger partial charge in [0.05, 0.1) is 0 Å². The van der Waals surface area contributed by atoms with Gasteiger partial charge in [0, 0.05) is 0 Å². The van der Waals surface area contributed by atoms with Crippen molar-refractivity contribution < 1.29 is 19.7 Å². The second kappa shape index (κ2) is 5.78. The zero-order valence-electron chi connectivity index (χ0n) is 10.9. The molecule has 2 N–H and O–H groups in total. The van der Waals surface area contributed by atoms with Crippen LogP contribution in [-0.2, 0) is 4.79 Å². The molecule has 0 heterocycles. The van der Waals surface area contributed by atoms with Gasteiger partial charge in [0.2, 0.25) is 5.76 Å². The number of carboxylic acids is 1. The van der Waals surface area contributed by atoms with Gasteiger partial charge in [-0.05, 0) is 42.9 Å². The first-order valence-corrected chi connectivity index (χ1v) is 6.48. The van der Waals surface area contributed by atoms with E-state index in [2.05, 4.69) is 6.07 Å². The number of benzene rings is 1. The summed E-state index contributed by atoms with van der Waals surface area (Å²) in [6.45, 7) is 1.85. The number of hydrogen-bond donors (Lipinski definition) is 2. The fraction of sp³-hybridized carbons (Fsp3) is 0.400. The Hall–Kier alpha value is -1.97. The average molecular weight is 262 g/mol. The molecular formula is C15H18O4. The van der Waals surface area contributed by atoms with Crippen molar-refractivity contribution in [3.63, 3.8) is 0 Å². The summed E-state index contributed by atoms with van der Waals surface area (Å²) in [7, 11) is 0. The van der Waals surface area contributed by atoms with E-state index in [0.29, 0.717) is 17.9 Å². The molecule has 0 amide bonds. The summed E-state index contributed by atoms with van der Waals surface area (Å²) in [5.41, 5.74) is 2.03. The maximum atomic E-state index is 10.8. The number of aryl methyl sites for hydroxylation is 1. The molecule has 0 saturated heterocycles. The van der Waals surface area contributed by atoms with Crippen molar-refractivity contribution in [1.29, 1.82) is 0 Å². The summed E-state index contributed by atoms with van der Waals surface area (Å²) >= 11 is 0. The van der Waals surface area contributed by atoms with E-state index >= 15 is 0 Å². The Labute approximate surface area is 112 Å². The monoisotopic (exact) mass is 262 g/mol. The number of aliphatic hydroxyl groups is 1. The second-order valence-electron chi connectivity index (χ2n) is 4.91. The van der Waals surface area contributed by atoms with Crippen LogP contribution in [0.2, 0.25) is 0 Å². The fourth-order valence-corrected chi connectivity index (χ4v) is 2.48. The molecule has 0 atom stereocenters. The van der Waals surface area contributed by atoms with Crippen LogP contribution < -0.4 is 4.74 Å². The van der Waals surface area contributed by atoms with E-state index in [4.69, 9.17) is 14.9 Å². The average Bonchev–Trinajstić information content (AvgIpc) is 2.91. The molecule has 1 saturated carbocycles. The van der Waals surface area contributed by atoms with Crippen molar-refractivity contribution in [2.45, 2.75) is 38.5 Å². The molecule has 19 heavy (non-hydrogen) atoms. The third kappa shape index (κ3) is 3.08. The summed E-state index contributed by atoms with van der Waals surface area (Å²) in [4.78, 5) is 10.8. The number of aliphatic carboxylic acids is 1. The van der Waals surface area contributed by atoms with Crippen LogP contribution in [-0.4, -0.2) is 16.2 Å². The molecule has 1 aliphatic rings. The third-order valence-electron chi connectivity index (χ3n) is 3.59. The topological polar surface area (TPSA) is 66.8 Å². The summed E-state index contributed by atoms with van der Waals surface area (Å²) in [5, 5.41) is 17.7. The molecule has 0 spiro atoms. The van der Waals surface area contributed by atoms with Crippen LogP contribution in [0.5, 0.6) is 5.75 Å². The predicted octanol–water partition coefficient (Wildman–Crippen LogP) is 3.52. The Morgan fingerprint density at radius 2 is 2.05 bits per heavy atom. The predicted molar refractivity (Wildman–Crippen MR) is 71.4 cm³/mol. The lowest BCUT2D eigenvalue weighted by Gasteiger charge is -2.14. The van der Waals surface area contributed by atoms with Crippen molar-refractivity contribution in [3.05, 3.63) is 41.3 Å². The highest BCUT2D eigenvalue weighted by Crippen LogP contribution is 2.36. The minimum Gasteiger partial charge on any atom is -0.511 e. The molecule has 4 heteroatoms. The van der Waals surface area contributed by atoms with Gasteiger partial charge in [-0.2, -0.15) is 0 Å². The molecule has 0 aromatic heterocycles. The largest absolute Gasteiger partial charge is 0.511 e. The molecule has 1 fully saturated rings. The Balaban J connectivity index is 2.24. The van der Waals surface area contributed by atoms with Gasteiger partial charge in [0.1, 0.15) is 12.0 Å². The highest BCUT2D eigenvalue weighted by atomic mass is 16.5. The smallest absolute Gasteiger partial charge is 0.375 e. The fourth-order valence-electron chi connectivity index (χ4n) is 2.48. The highest BCUT2D eigenvalue weighted by molar-refractivity contribution is 5.84. The second-order valence-corrected chi connectivity index (χ2v) is 4.91. The van der Waals surface area contributed by atoms with E-state index < -0.39 is 11.7 Å². The van der Waals surface area contributed by atoms with Gasteiger partial charge < -0.3 is 14.9 Å². The van der Waals surface area contributed by atoms with Crippen LogP contribution in [0.25, 0.3) is 0 Å². The van der Waals surface area contributed by atoms with Crippen molar-refractivity contribution in [3.8, 4) is 5.75 Å². The minimum atomic E-state index is -1.28. The van der Waals surface area contributed by atoms with E-state index in [0.717, 1.165) is 5.56 Å². The van der Waals surface area contributed by atoms with E-state index in [9.17, 15) is 4.79 Å². The van der Waals surface area contributed by atoms with Gasteiger partial charge in [0.25, 0.3) is 0 Å². The van der Waals surface area contributed by atoms with Crippen molar-refractivity contribution in [2.24, 2.45) is 0 Å². The maximum absolute atomic E-state index is 10.8. The van der Waals surface area contributed by atoms with Crippen molar-refractivity contribution in [2.75, 3.05) is 0 Å². The first-order valence-electron chi connectivity index (χ1n) is 6.48. The van der Waals surface area contributed by atoms with Gasteiger partial charge >= 0.3 is 5.97 Å². The summed E-state index contributed by atoms with van der Waals surface area (Å²) in [6, 6.07) is 5.89. The van der Waals surface area contributed by atoms with Crippen LogP contribution in [0.3, 0.4) is 0 Å². The summed E-state index contributed by atoms with van der Waals surface area (Å²) in [5.74, 6) is -0.721. The van der Waals surface area contributed by atoms with Crippen LogP contribution in [0.15, 0.2) is 30.2 Å². The number of carbonyl (C=O) groups is 1. The maximum Gasteiger partial charge on any atom is 0.375 e. The van der Waals surface area contributed by atoms with E-state index in [1.54, 1.807) is 0 Å². The number of hydrogen-bond acceptors (Lipinski definition) is 3. The molecule has 1 aromatic carbocycles. The molecule has 0 unspecified atom stereocenters. The Kier molecular flexibility index (Phi) is 4.10. The standard InChI is InChI=1S/C15H18O4/c1-10-6-7-12(11-4-2-3-5-11)8-13(10)19-14(9-16)15(17)18/h6-9,11,16H,2-5H2,1H3,(H,17,18)/b14-9-. The lowest BCUT2D eigenvalue weighted by Crippen LogP contribution is -2.08. The first kappa shape index (κ1) is 13.5. The van der Waals surface area contributed by atoms with Crippen LogP contribution >= 0.6 is 0 Å². The quantitative estimate of drug-likeness (QED) is 0.643. The molecule has 1 aliphatic carbocycles. The SMILES string of the molecule is Cc1ccc(C2CCCC2)cc1O/C(=C\O)C(=O)O. The third-order valence-corrected chi connectivity index (χ3v) is 3.59. The van der Waals surface area contributed by atoms with Gasteiger partial charge in [-0.1, -0.05) is 25.0 Å². The van der Waals surface area contributed by atoms with Gasteiger partial charge in [-0.25, -0.2) is 4.79 Å². The van der Waals surface area contributed by atoms with Gasteiger partial charge in [0.15, 0.2) is 0 Å². The molecule has 1 aromatic rings. The Morgan fingerprint density at radius 3 is 2.63 bits per heavy atom. The number of rotatable bonds is 4. The number of ether oxygens (including phenoxy) is 1. The Morgan fingerprint density at radius 1 is 1.37 bits per heavy atom. The van der Waals surface area contributed by atoms with Crippen LogP contribution in [0, 0.1) is 6.92 Å². The molecule has 2 rings (SSSR count). The Bertz CT molecular complexity index is 499. The molecule has 102 valence electrons. The molecule has 0 radical (unpaired) electrons. The highest BCUT2D eigenvalue weighted by Gasteiger charge is 2.19. The summed E-state index contributed by atoms with van der Waals surface area (Å²) < 4.78 is 5.27. The molecular weight excluding hydrogens is 244 g/mol. The van der Waals surface area contributed by atoms with Gasteiger partial charge in [-0.15, -0.1) is 0 Å². The minimum absolute atomic E-state index is 0.466. The number of aliphatic hydroxyl groups excluding tert-OH is 1. The molecule has 0 bridgehead atoms. The van der Waals surface area contributed by atoms with Crippen molar-refractivity contribution in [1.82, 2.24) is 0 Å². The summed E-state index contributed by atoms with van der Waals surface area (Å²) in [6.07, 6.45) is 5.30. The zero-order valence-corrected chi connectivity index (χ0v) is 10.9. The number of carboxylic acid groups (broad SMARTS) is 1.